The molecule has 0 bridgehead atoms. The van der Waals surface area contributed by atoms with Gasteiger partial charge in [0.25, 0.3) is 5.91 Å². The lowest BCUT2D eigenvalue weighted by Crippen LogP contribution is -2.49. The molecule has 0 saturated carbocycles. The molecule has 2 aliphatic heterocycles. The van der Waals surface area contributed by atoms with Crippen LogP contribution < -0.4 is 29.0 Å². The van der Waals surface area contributed by atoms with Gasteiger partial charge in [-0.05, 0) is 35.2 Å². The highest BCUT2D eigenvalue weighted by atomic mass is 16.5. The van der Waals surface area contributed by atoms with Crippen molar-refractivity contribution < 1.29 is 33.3 Å². The Bertz CT molecular complexity index is 1380. The molecular weight excluding hydrogens is 488 g/mol. The minimum absolute atomic E-state index is 0.141. The van der Waals surface area contributed by atoms with E-state index < -0.39 is 12.0 Å². The molecule has 5 rings (SSSR count). The van der Waals surface area contributed by atoms with Crippen molar-refractivity contribution >= 4 is 17.5 Å². The SMILES string of the molecule is COc1cc2c(cc1OC)[C@H](C(=O)Nc1cc(OC)c(OC)c(OC)c1)[C@H]1c3ccccc3CCN1C2=O. The topological polar surface area (TPSA) is 95.6 Å². The van der Waals surface area contributed by atoms with Gasteiger partial charge in [-0.25, -0.2) is 0 Å². The molecule has 9 nitrogen and oxygen atoms in total. The van der Waals surface area contributed by atoms with Crippen LogP contribution in [-0.2, 0) is 11.2 Å². The molecule has 2 heterocycles. The number of rotatable bonds is 7. The molecule has 0 spiro atoms. The zero-order valence-electron chi connectivity index (χ0n) is 22.0. The Morgan fingerprint density at radius 1 is 0.816 bits per heavy atom. The van der Waals surface area contributed by atoms with Gasteiger partial charge in [-0.3, -0.25) is 9.59 Å². The van der Waals surface area contributed by atoms with E-state index in [-0.39, 0.29) is 11.8 Å². The summed E-state index contributed by atoms with van der Waals surface area (Å²) in [7, 11) is 7.60. The normalized spacial score (nSPS) is 17.5. The summed E-state index contributed by atoms with van der Waals surface area (Å²) < 4.78 is 27.4. The number of amides is 2. The van der Waals surface area contributed by atoms with Gasteiger partial charge in [-0.1, -0.05) is 24.3 Å². The maximum Gasteiger partial charge on any atom is 0.254 e. The monoisotopic (exact) mass is 518 g/mol. The van der Waals surface area contributed by atoms with E-state index in [1.165, 1.54) is 35.5 Å². The largest absolute Gasteiger partial charge is 0.493 e. The van der Waals surface area contributed by atoms with Gasteiger partial charge in [0, 0.05) is 29.9 Å². The molecule has 1 N–H and O–H groups in total. The van der Waals surface area contributed by atoms with E-state index in [2.05, 4.69) is 11.4 Å². The molecule has 198 valence electrons. The first-order valence-electron chi connectivity index (χ1n) is 12.2. The predicted molar refractivity (Wildman–Crippen MR) is 141 cm³/mol. The van der Waals surface area contributed by atoms with Gasteiger partial charge in [0.05, 0.1) is 47.5 Å². The quantitative estimate of drug-likeness (QED) is 0.501. The molecule has 0 fully saturated rings. The van der Waals surface area contributed by atoms with Gasteiger partial charge < -0.3 is 33.9 Å². The van der Waals surface area contributed by atoms with Crippen LogP contribution in [0.1, 0.15) is 39.0 Å². The summed E-state index contributed by atoms with van der Waals surface area (Å²) in [5.41, 5.74) is 3.55. The van der Waals surface area contributed by atoms with Crippen molar-refractivity contribution in [2.75, 3.05) is 47.4 Å². The van der Waals surface area contributed by atoms with Crippen molar-refractivity contribution in [3.8, 4) is 28.7 Å². The molecule has 0 radical (unpaired) electrons. The van der Waals surface area contributed by atoms with Gasteiger partial charge in [0.1, 0.15) is 0 Å². The van der Waals surface area contributed by atoms with E-state index in [9.17, 15) is 9.59 Å². The van der Waals surface area contributed by atoms with Crippen molar-refractivity contribution in [1.29, 1.82) is 0 Å². The number of anilines is 1. The van der Waals surface area contributed by atoms with Crippen molar-refractivity contribution in [3.05, 3.63) is 70.8 Å². The summed E-state index contributed by atoms with van der Waals surface area (Å²) in [6.07, 6.45) is 0.711. The van der Waals surface area contributed by atoms with Crippen LogP contribution in [0.4, 0.5) is 5.69 Å². The van der Waals surface area contributed by atoms with Crippen LogP contribution >= 0.6 is 0 Å². The average molecular weight is 519 g/mol. The molecule has 0 unspecified atom stereocenters. The lowest BCUT2D eigenvalue weighted by atomic mass is 9.75. The summed E-state index contributed by atoms with van der Waals surface area (Å²) >= 11 is 0. The summed E-state index contributed by atoms with van der Waals surface area (Å²) in [6, 6.07) is 14.2. The van der Waals surface area contributed by atoms with E-state index in [4.69, 9.17) is 23.7 Å². The number of hydrogen-bond donors (Lipinski definition) is 1. The standard InChI is InChI=1S/C29H30N2O7/c1-34-21-14-19-20(15-22(21)35-2)29(33)31-11-10-16-8-6-7-9-18(16)26(31)25(19)28(32)30-17-12-23(36-3)27(38-5)24(13-17)37-4/h6-9,12-15,25-26H,10-11H2,1-5H3,(H,30,32)/t25-,26+/m0/s1. The maximum absolute atomic E-state index is 14.2. The van der Waals surface area contributed by atoms with Crippen molar-refractivity contribution in [2.45, 2.75) is 18.4 Å². The molecule has 3 aromatic rings. The predicted octanol–water partition coefficient (Wildman–Crippen LogP) is 4.21. The van der Waals surface area contributed by atoms with Gasteiger partial charge in [-0.2, -0.15) is 0 Å². The highest BCUT2D eigenvalue weighted by Crippen LogP contribution is 2.49. The average Bonchev–Trinajstić information content (AvgIpc) is 2.95. The van der Waals surface area contributed by atoms with Crippen LogP contribution in [0.3, 0.4) is 0 Å². The van der Waals surface area contributed by atoms with Crippen LogP contribution in [0.5, 0.6) is 28.7 Å². The van der Waals surface area contributed by atoms with Crippen LogP contribution in [0.25, 0.3) is 0 Å². The highest BCUT2D eigenvalue weighted by molar-refractivity contribution is 6.05. The van der Waals surface area contributed by atoms with Crippen molar-refractivity contribution in [3.63, 3.8) is 0 Å². The van der Waals surface area contributed by atoms with Crippen molar-refractivity contribution in [1.82, 2.24) is 4.90 Å². The van der Waals surface area contributed by atoms with Crippen LogP contribution in [0.15, 0.2) is 48.5 Å². The Balaban J connectivity index is 1.66. The number of benzene rings is 3. The Morgan fingerprint density at radius 2 is 1.45 bits per heavy atom. The minimum Gasteiger partial charge on any atom is -0.493 e. The Morgan fingerprint density at radius 3 is 2.08 bits per heavy atom. The zero-order chi connectivity index (χ0) is 27.0. The molecule has 2 aliphatic rings. The molecule has 38 heavy (non-hydrogen) atoms. The fourth-order valence-electron chi connectivity index (χ4n) is 5.51. The third-order valence-electron chi connectivity index (χ3n) is 7.24. The number of nitrogens with one attached hydrogen (secondary N) is 1. The second-order valence-electron chi connectivity index (χ2n) is 9.07. The number of hydrogen-bond acceptors (Lipinski definition) is 7. The second-order valence-corrected chi connectivity index (χ2v) is 9.07. The van der Waals surface area contributed by atoms with Gasteiger partial charge in [0.2, 0.25) is 11.7 Å². The number of carbonyl (C=O) groups is 2. The third-order valence-corrected chi connectivity index (χ3v) is 7.24. The van der Waals surface area contributed by atoms with E-state index >= 15 is 0 Å². The first-order chi connectivity index (χ1) is 18.4. The number of nitrogens with zero attached hydrogens (tertiary/aromatic N) is 1. The molecular formula is C29H30N2O7. The van der Waals surface area contributed by atoms with Gasteiger partial charge in [-0.15, -0.1) is 0 Å². The molecule has 0 aliphatic carbocycles. The first kappa shape index (κ1) is 25.3. The summed E-state index contributed by atoms with van der Waals surface area (Å²) in [5.74, 6) is 0.981. The van der Waals surface area contributed by atoms with E-state index in [1.54, 1.807) is 29.2 Å². The third kappa shape index (κ3) is 4.04. The number of methoxy groups -OCH3 is 5. The molecule has 2 atom stereocenters. The maximum atomic E-state index is 14.2. The highest BCUT2D eigenvalue weighted by Gasteiger charge is 2.47. The lowest BCUT2D eigenvalue weighted by molar-refractivity contribution is -0.119. The van der Waals surface area contributed by atoms with Crippen molar-refractivity contribution in [2.24, 2.45) is 0 Å². The zero-order valence-corrected chi connectivity index (χ0v) is 22.0. The Labute approximate surface area is 221 Å². The van der Waals surface area contributed by atoms with E-state index in [1.807, 2.05) is 18.2 Å². The van der Waals surface area contributed by atoms with E-state index in [0.29, 0.717) is 58.5 Å². The van der Waals surface area contributed by atoms with Crippen LogP contribution in [0, 0.1) is 0 Å². The summed E-state index contributed by atoms with van der Waals surface area (Å²) in [5, 5.41) is 3.03. The molecule has 0 saturated heterocycles. The second kappa shape index (κ2) is 10.2. The van der Waals surface area contributed by atoms with Crippen LogP contribution in [-0.4, -0.2) is 58.8 Å². The van der Waals surface area contributed by atoms with Crippen LogP contribution in [0.2, 0.25) is 0 Å². The molecule has 0 aromatic heterocycles. The lowest BCUT2D eigenvalue weighted by Gasteiger charge is -2.45. The fourth-order valence-corrected chi connectivity index (χ4v) is 5.51. The molecule has 2 amide bonds. The smallest absolute Gasteiger partial charge is 0.254 e. The number of carbonyl (C=O) groups excluding carboxylic acids is 2. The summed E-state index contributed by atoms with van der Waals surface area (Å²) in [4.78, 5) is 29.7. The van der Waals surface area contributed by atoms with Gasteiger partial charge in [0.15, 0.2) is 23.0 Å². The number of ether oxygens (including phenoxy) is 5. The Hall–Kier alpha value is -4.40. The van der Waals surface area contributed by atoms with E-state index in [0.717, 1.165) is 11.1 Å². The Kier molecular flexibility index (Phi) is 6.75. The summed E-state index contributed by atoms with van der Waals surface area (Å²) in [6.45, 7) is 0.502. The van der Waals surface area contributed by atoms with Gasteiger partial charge >= 0.3 is 0 Å². The molecule has 9 heteroatoms. The first-order valence-corrected chi connectivity index (χ1v) is 12.2. The number of fused-ring (bicyclic) bond motifs is 4. The fraction of sp³-hybridized carbons (Fsp3) is 0.310. The molecule has 3 aromatic carbocycles. The minimum atomic E-state index is -0.719.